The van der Waals surface area contributed by atoms with Crippen LogP contribution in [0.25, 0.3) is 0 Å². The molecule has 6 nitrogen and oxygen atoms in total. The normalized spacial score (nSPS) is 18.1. The van der Waals surface area contributed by atoms with Crippen LogP contribution < -0.4 is 0 Å². The van der Waals surface area contributed by atoms with Gasteiger partial charge in [-0.25, -0.2) is 0 Å². The highest BCUT2D eigenvalue weighted by atomic mass is 16.2. The summed E-state index contributed by atoms with van der Waals surface area (Å²) in [6.45, 7) is 3.67. The molecule has 1 fully saturated rings. The van der Waals surface area contributed by atoms with Gasteiger partial charge >= 0.3 is 0 Å². The number of piperidine rings is 1. The molecular formula is C16H19N3O3. The van der Waals surface area contributed by atoms with Crippen molar-refractivity contribution < 1.29 is 14.4 Å². The molecule has 0 spiro atoms. The summed E-state index contributed by atoms with van der Waals surface area (Å²) in [5.74, 6) is 0.208. The van der Waals surface area contributed by atoms with Gasteiger partial charge in [-0.1, -0.05) is 0 Å². The monoisotopic (exact) mass is 301 g/mol. The van der Waals surface area contributed by atoms with Crippen molar-refractivity contribution in [1.29, 1.82) is 0 Å². The van der Waals surface area contributed by atoms with Gasteiger partial charge in [0.2, 0.25) is 5.91 Å². The number of carbonyl (C=O) groups excluding carboxylic acids is 3. The number of hydrogen-bond acceptors (Lipinski definition) is 4. The fraction of sp³-hybridized carbons (Fsp3) is 0.500. The van der Waals surface area contributed by atoms with E-state index in [-0.39, 0.29) is 17.6 Å². The van der Waals surface area contributed by atoms with Crippen LogP contribution in [0.4, 0.5) is 0 Å². The lowest BCUT2D eigenvalue weighted by molar-refractivity contribution is -0.129. The van der Waals surface area contributed by atoms with Crippen molar-refractivity contribution in [3.63, 3.8) is 0 Å². The van der Waals surface area contributed by atoms with E-state index in [1.807, 2.05) is 0 Å². The molecule has 2 aliphatic heterocycles. The van der Waals surface area contributed by atoms with Gasteiger partial charge in [0.15, 0.2) is 0 Å². The van der Waals surface area contributed by atoms with Gasteiger partial charge in [0.1, 0.15) is 5.78 Å². The first-order valence-electron chi connectivity index (χ1n) is 7.58. The van der Waals surface area contributed by atoms with E-state index in [1.165, 1.54) is 0 Å². The van der Waals surface area contributed by atoms with Crippen molar-refractivity contribution in [1.82, 2.24) is 14.8 Å². The van der Waals surface area contributed by atoms with E-state index in [4.69, 9.17) is 0 Å². The Labute approximate surface area is 129 Å². The first kappa shape index (κ1) is 14.7. The topological polar surface area (TPSA) is 70.6 Å². The van der Waals surface area contributed by atoms with E-state index < -0.39 is 0 Å². The second kappa shape index (κ2) is 5.87. The zero-order chi connectivity index (χ0) is 15.7. The van der Waals surface area contributed by atoms with Crippen molar-refractivity contribution in [3.05, 3.63) is 29.1 Å². The molecule has 0 unspecified atom stereocenters. The number of ketones is 1. The summed E-state index contributed by atoms with van der Waals surface area (Å²) in [4.78, 5) is 43.2. The molecule has 0 bridgehead atoms. The van der Waals surface area contributed by atoms with Crippen LogP contribution in [0.2, 0.25) is 0 Å². The minimum absolute atomic E-state index is 0.0388. The molecule has 2 amide bonds. The Morgan fingerprint density at radius 3 is 2.41 bits per heavy atom. The molecule has 1 aromatic rings. The summed E-state index contributed by atoms with van der Waals surface area (Å²) in [5.41, 5.74) is 2.56. The van der Waals surface area contributed by atoms with Crippen LogP contribution in [0.3, 0.4) is 0 Å². The largest absolute Gasteiger partial charge is 0.338 e. The third kappa shape index (κ3) is 2.73. The lowest BCUT2D eigenvalue weighted by Gasteiger charge is -2.31. The molecule has 3 rings (SSSR count). The summed E-state index contributed by atoms with van der Waals surface area (Å²) >= 11 is 0. The highest BCUT2D eigenvalue weighted by Gasteiger charge is 2.27. The SMILES string of the molecule is CC(=O)N1CCc2c(cncc2C(=O)N2CCC(=O)CC2)C1. The number of pyridine rings is 1. The zero-order valence-electron chi connectivity index (χ0n) is 12.7. The number of amides is 2. The van der Waals surface area contributed by atoms with Gasteiger partial charge in [0, 0.05) is 58.3 Å². The summed E-state index contributed by atoms with van der Waals surface area (Å²) in [6, 6.07) is 0. The second-order valence-corrected chi connectivity index (χ2v) is 5.85. The minimum Gasteiger partial charge on any atom is -0.338 e. The van der Waals surface area contributed by atoms with Crippen LogP contribution in [0.15, 0.2) is 12.4 Å². The molecule has 116 valence electrons. The van der Waals surface area contributed by atoms with E-state index in [0.717, 1.165) is 11.1 Å². The Morgan fingerprint density at radius 2 is 1.73 bits per heavy atom. The summed E-state index contributed by atoms with van der Waals surface area (Å²) in [6.07, 6.45) is 4.89. The molecule has 3 heterocycles. The lowest BCUT2D eigenvalue weighted by atomic mass is 9.96. The number of carbonyl (C=O) groups is 3. The Hall–Kier alpha value is -2.24. The summed E-state index contributed by atoms with van der Waals surface area (Å²) in [7, 11) is 0. The Morgan fingerprint density at radius 1 is 1.05 bits per heavy atom. The fourth-order valence-electron chi connectivity index (χ4n) is 3.08. The van der Waals surface area contributed by atoms with Gasteiger partial charge in [-0.15, -0.1) is 0 Å². The quantitative estimate of drug-likeness (QED) is 0.769. The number of rotatable bonds is 1. The Bertz CT molecular complexity index is 632. The fourth-order valence-corrected chi connectivity index (χ4v) is 3.08. The van der Waals surface area contributed by atoms with Crippen LogP contribution in [0.1, 0.15) is 41.3 Å². The van der Waals surface area contributed by atoms with Gasteiger partial charge < -0.3 is 9.80 Å². The number of likely N-dealkylation sites (tertiary alicyclic amines) is 1. The first-order chi connectivity index (χ1) is 10.6. The maximum Gasteiger partial charge on any atom is 0.255 e. The molecule has 1 aromatic heterocycles. The number of hydrogen-bond donors (Lipinski definition) is 0. The standard InChI is InChI=1S/C16H19N3O3/c1-11(20)19-7-4-14-12(10-19)8-17-9-15(14)16(22)18-5-2-13(21)3-6-18/h8-9H,2-7,10H2,1H3. The van der Waals surface area contributed by atoms with Gasteiger partial charge in [-0.2, -0.15) is 0 Å². The number of Topliss-reactive ketones (excluding diaryl/α,β-unsaturated/α-hetero) is 1. The van der Waals surface area contributed by atoms with E-state index in [0.29, 0.717) is 51.0 Å². The van der Waals surface area contributed by atoms with Crippen molar-refractivity contribution in [2.75, 3.05) is 19.6 Å². The number of fused-ring (bicyclic) bond motifs is 1. The van der Waals surface area contributed by atoms with Gasteiger partial charge in [0.05, 0.1) is 5.56 Å². The zero-order valence-corrected chi connectivity index (χ0v) is 12.7. The first-order valence-corrected chi connectivity index (χ1v) is 7.58. The van der Waals surface area contributed by atoms with Crippen molar-refractivity contribution in [3.8, 4) is 0 Å². The maximum atomic E-state index is 12.7. The molecule has 6 heteroatoms. The average molecular weight is 301 g/mol. The van der Waals surface area contributed by atoms with Gasteiger partial charge in [-0.3, -0.25) is 19.4 Å². The highest BCUT2D eigenvalue weighted by molar-refractivity contribution is 5.97. The molecule has 0 aromatic carbocycles. The summed E-state index contributed by atoms with van der Waals surface area (Å²) in [5, 5.41) is 0. The van der Waals surface area contributed by atoms with Crippen LogP contribution in [0, 0.1) is 0 Å². The van der Waals surface area contributed by atoms with Crippen LogP contribution in [-0.2, 0) is 22.6 Å². The van der Waals surface area contributed by atoms with Gasteiger partial charge in [0.25, 0.3) is 5.91 Å². The van der Waals surface area contributed by atoms with Crippen LogP contribution in [-0.4, -0.2) is 52.0 Å². The highest BCUT2D eigenvalue weighted by Crippen LogP contribution is 2.23. The minimum atomic E-state index is -0.0480. The molecule has 2 aliphatic rings. The molecule has 22 heavy (non-hydrogen) atoms. The molecule has 0 atom stereocenters. The molecule has 1 saturated heterocycles. The number of aromatic nitrogens is 1. The predicted octanol–water partition coefficient (Wildman–Crippen LogP) is 0.791. The molecular weight excluding hydrogens is 282 g/mol. The molecule has 0 radical (unpaired) electrons. The molecule has 0 aliphatic carbocycles. The van der Waals surface area contributed by atoms with Crippen molar-refractivity contribution in [2.45, 2.75) is 32.7 Å². The Kier molecular flexibility index (Phi) is 3.92. The maximum absolute atomic E-state index is 12.7. The Balaban J connectivity index is 1.83. The van der Waals surface area contributed by atoms with E-state index in [1.54, 1.807) is 29.1 Å². The predicted molar refractivity (Wildman–Crippen MR) is 79.2 cm³/mol. The lowest BCUT2D eigenvalue weighted by Crippen LogP contribution is -2.40. The third-order valence-corrected chi connectivity index (χ3v) is 4.42. The summed E-state index contributed by atoms with van der Waals surface area (Å²) < 4.78 is 0. The van der Waals surface area contributed by atoms with E-state index in [9.17, 15) is 14.4 Å². The van der Waals surface area contributed by atoms with Crippen LogP contribution >= 0.6 is 0 Å². The van der Waals surface area contributed by atoms with Crippen molar-refractivity contribution in [2.24, 2.45) is 0 Å². The van der Waals surface area contributed by atoms with Gasteiger partial charge in [-0.05, 0) is 17.5 Å². The second-order valence-electron chi connectivity index (χ2n) is 5.85. The van der Waals surface area contributed by atoms with E-state index in [2.05, 4.69) is 4.98 Å². The third-order valence-electron chi connectivity index (χ3n) is 4.42. The smallest absolute Gasteiger partial charge is 0.255 e. The van der Waals surface area contributed by atoms with Crippen LogP contribution in [0.5, 0.6) is 0 Å². The van der Waals surface area contributed by atoms with Crippen molar-refractivity contribution >= 4 is 17.6 Å². The molecule has 0 saturated carbocycles. The average Bonchev–Trinajstić information content (AvgIpc) is 2.53. The molecule has 0 N–H and O–H groups in total. The van der Waals surface area contributed by atoms with E-state index >= 15 is 0 Å². The number of nitrogens with zero attached hydrogens (tertiary/aromatic N) is 3.